The molecule has 10 aromatic rings. The highest BCUT2D eigenvalue weighted by Crippen LogP contribution is 2.39. The fourth-order valence-electron chi connectivity index (χ4n) is 6.34. The molecular formula is C40H22N4O2S. The SMILES string of the molecule is c1ccc(-c2nc(-c3ccc4c(c3)oc3cc5sc(-c6ccccc6)nc5cc34)nc(-c3cccc4oc5ccccc5c34)n2)cc1. The minimum Gasteiger partial charge on any atom is -0.456 e. The Morgan fingerprint density at radius 2 is 1.11 bits per heavy atom. The van der Waals surface area contributed by atoms with Gasteiger partial charge in [0.25, 0.3) is 0 Å². The molecule has 0 saturated carbocycles. The average Bonchev–Trinajstić information content (AvgIpc) is 3.83. The number of thiazole rings is 1. The number of nitrogens with zero attached hydrogens (tertiary/aromatic N) is 4. The quantitative estimate of drug-likeness (QED) is 0.194. The number of para-hydroxylation sites is 1. The second-order valence-corrected chi connectivity index (χ2v) is 12.5. The fourth-order valence-corrected chi connectivity index (χ4v) is 7.33. The number of benzene rings is 6. The molecule has 0 aliphatic carbocycles. The molecule has 4 heterocycles. The van der Waals surface area contributed by atoms with Crippen LogP contribution in [0.5, 0.6) is 0 Å². The standard InChI is InChI=1S/C40H22N4O2S/c1-3-10-23(11-4-1)37-42-38(44-39(43-37)28-15-9-17-32-36(28)27-14-7-8-16-31(27)45-32)25-18-19-26-29-21-30-35(22-34(29)46-33(26)20-25)47-40(41-30)24-12-5-2-6-13-24/h1-22H. The van der Waals surface area contributed by atoms with Crippen molar-refractivity contribution >= 4 is 65.4 Å². The highest BCUT2D eigenvalue weighted by atomic mass is 32.1. The van der Waals surface area contributed by atoms with Crippen LogP contribution in [0.25, 0.3) is 98.8 Å². The summed E-state index contributed by atoms with van der Waals surface area (Å²) in [5.41, 5.74) is 7.93. The van der Waals surface area contributed by atoms with Crippen molar-refractivity contribution in [2.24, 2.45) is 0 Å². The van der Waals surface area contributed by atoms with Gasteiger partial charge in [-0.05, 0) is 30.3 Å². The zero-order valence-electron chi connectivity index (χ0n) is 24.7. The molecular weight excluding hydrogens is 601 g/mol. The number of hydrogen-bond donors (Lipinski definition) is 0. The van der Waals surface area contributed by atoms with Crippen LogP contribution in [0.15, 0.2) is 142 Å². The summed E-state index contributed by atoms with van der Waals surface area (Å²) < 4.78 is 13.7. The van der Waals surface area contributed by atoms with Gasteiger partial charge in [0.05, 0.1) is 10.2 Å². The van der Waals surface area contributed by atoms with Crippen molar-refractivity contribution in [3.8, 4) is 44.7 Å². The third kappa shape index (κ3) is 4.25. The molecule has 0 fully saturated rings. The Hall–Kier alpha value is -6.18. The average molecular weight is 623 g/mol. The molecule has 7 heteroatoms. The minimum atomic E-state index is 0.566. The van der Waals surface area contributed by atoms with Crippen molar-refractivity contribution < 1.29 is 8.83 Å². The van der Waals surface area contributed by atoms with Gasteiger partial charge >= 0.3 is 0 Å². The lowest BCUT2D eigenvalue weighted by Gasteiger charge is -2.09. The van der Waals surface area contributed by atoms with Crippen LogP contribution in [-0.2, 0) is 0 Å². The maximum Gasteiger partial charge on any atom is 0.164 e. The van der Waals surface area contributed by atoms with Crippen LogP contribution in [0.3, 0.4) is 0 Å². The molecule has 0 amide bonds. The van der Waals surface area contributed by atoms with Gasteiger partial charge in [-0.25, -0.2) is 19.9 Å². The van der Waals surface area contributed by atoms with Crippen LogP contribution < -0.4 is 0 Å². The van der Waals surface area contributed by atoms with Gasteiger partial charge < -0.3 is 8.83 Å². The molecule has 0 aliphatic heterocycles. The van der Waals surface area contributed by atoms with Crippen LogP contribution in [-0.4, -0.2) is 19.9 Å². The van der Waals surface area contributed by atoms with Gasteiger partial charge in [0.1, 0.15) is 27.3 Å². The van der Waals surface area contributed by atoms with E-state index in [1.165, 1.54) is 0 Å². The Bertz CT molecular complexity index is 2800. The number of aromatic nitrogens is 4. The first-order valence-corrected chi connectivity index (χ1v) is 16.1. The molecule has 220 valence electrons. The first-order valence-electron chi connectivity index (χ1n) is 15.3. The van der Waals surface area contributed by atoms with Crippen molar-refractivity contribution in [3.63, 3.8) is 0 Å². The van der Waals surface area contributed by atoms with Crippen molar-refractivity contribution in [1.29, 1.82) is 0 Å². The Labute approximate surface area is 271 Å². The summed E-state index contributed by atoms with van der Waals surface area (Å²) in [6, 6.07) is 44.7. The molecule has 0 unspecified atom stereocenters. The number of hydrogen-bond acceptors (Lipinski definition) is 7. The van der Waals surface area contributed by atoms with Crippen LogP contribution in [0.1, 0.15) is 0 Å². The largest absolute Gasteiger partial charge is 0.456 e. The van der Waals surface area contributed by atoms with E-state index < -0.39 is 0 Å². The molecule has 10 rings (SSSR count). The molecule has 0 N–H and O–H groups in total. The number of rotatable bonds is 4. The fraction of sp³-hybridized carbons (Fsp3) is 0. The minimum absolute atomic E-state index is 0.566. The molecule has 47 heavy (non-hydrogen) atoms. The van der Waals surface area contributed by atoms with Gasteiger partial charge in [-0.1, -0.05) is 97.1 Å². The summed E-state index contributed by atoms with van der Waals surface area (Å²) in [5.74, 6) is 1.74. The van der Waals surface area contributed by atoms with Crippen molar-refractivity contribution in [2.75, 3.05) is 0 Å². The normalized spacial score (nSPS) is 11.8. The Kier molecular flexibility index (Phi) is 5.64. The lowest BCUT2D eigenvalue weighted by molar-refractivity contribution is 0.669. The van der Waals surface area contributed by atoms with Crippen LogP contribution in [0, 0.1) is 0 Å². The zero-order valence-corrected chi connectivity index (χ0v) is 25.5. The lowest BCUT2D eigenvalue weighted by atomic mass is 10.1. The van der Waals surface area contributed by atoms with E-state index in [0.29, 0.717) is 17.5 Å². The smallest absolute Gasteiger partial charge is 0.164 e. The summed E-state index contributed by atoms with van der Waals surface area (Å²) >= 11 is 1.67. The highest BCUT2D eigenvalue weighted by Gasteiger charge is 2.19. The van der Waals surface area contributed by atoms with Crippen molar-refractivity contribution in [3.05, 3.63) is 133 Å². The van der Waals surface area contributed by atoms with Gasteiger partial charge in [-0.15, -0.1) is 11.3 Å². The zero-order chi connectivity index (χ0) is 30.9. The van der Waals surface area contributed by atoms with Crippen molar-refractivity contribution in [1.82, 2.24) is 19.9 Å². The van der Waals surface area contributed by atoms with E-state index in [0.717, 1.165) is 81.4 Å². The van der Waals surface area contributed by atoms with Crippen LogP contribution in [0.2, 0.25) is 0 Å². The van der Waals surface area contributed by atoms with E-state index in [2.05, 4.69) is 42.5 Å². The Morgan fingerprint density at radius 3 is 1.96 bits per heavy atom. The molecule has 0 bridgehead atoms. The van der Waals surface area contributed by atoms with Gasteiger partial charge in [0, 0.05) is 49.9 Å². The summed E-state index contributed by atoms with van der Waals surface area (Å²) in [4.78, 5) is 20.0. The Balaban J connectivity index is 1.14. The van der Waals surface area contributed by atoms with E-state index >= 15 is 0 Å². The number of furan rings is 2. The van der Waals surface area contributed by atoms with E-state index in [1.807, 2.05) is 91.0 Å². The highest BCUT2D eigenvalue weighted by molar-refractivity contribution is 7.21. The van der Waals surface area contributed by atoms with Gasteiger partial charge in [0.15, 0.2) is 17.5 Å². The first kappa shape index (κ1) is 26.1. The second kappa shape index (κ2) is 10.2. The van der Waals surface area contributed by atoms with Crippen molar-refractivity contribution in [2.45, 2.75) is 0 Å². The van der Waals surface area contributed by atoms with Crippen LogP contribution in [0.4, 0.5) is 0 Å². The predicted molar refractivity (Wildman–Crippen MR) is 189 cm³/mol. The molecule has 4 aromatic heterocycles. The first-order chi connectivity index (χ1) is 23.2. The summed E-state index contributed by atoms with van der Waals surface area (Å²) in [7, 11) is 0. The predicted octanol–water partition coefficient (Wildman–Crippen LogP) is 10.9. The monoisotopic (exact) mass is 622 g/mol. The van der Waals surface area contributed by atoms with E-state index in [1.54, 1.807) is 11.3 Å². The van der Waals surface area contributed by atoms with E-state index in [9.17, 15) is 0 Å². The van der Waals surface area contributed by atoms with Crippen LogP contribution >= 0.6 is 11.3 Å². The Morgan fingerprint density at radius 1 is 0.426 bits per heavy atom. The van der Waals surface area contributed by atoms with E-state index in [-0.39, 0.29) is 0 Å². The third-order valence-electron chi connectivity index (χ3n) is 8.57. The molecule has 6 aromatic carbocycles. The number of fused-ring (bicyclic) bond motifs is 7. The topological polar surface area (TPSA) is 77.8 Å². The maximum absolute atomic E-state index is 6.46. The van der Waals surface area contributed by atoms with Gasteiger partial charge in [0.2, 0.25) is 0 Å². The summed E-state index contributed by atoms with van der Waals surface area (Å²) in [6.07, 6.45) is 0. The van der Waals surface area contributed by atoms with Gasteiger partial charge in [-0.2, -0.15) is 0 Å². The maximum atomic E-state index is 6.46. The third-order valence-corrected chi connectivity index (χ3v) is 9.64. The summed E-state index contributed by atoms with van der Waals surface area (Å²) in [5, 5.41) is 5.06. The van der Waals surface area contributed by atoms with E-state index in [4.69, 9.17) is 28.8 Å². The molecule has 0 atom stereocenters. The molecule has 0 aliphatic rings. The molecule has 0 spiro atoms. The molecule has 6 nitrogen and oxygen atoms in total. The lowest BCUT2D eigenvalue weighted by Crippen LogP contribution is -2.00. The summed E-state index contributed by atoms with van der Waals surface area (Å²) in [6.45, 7) is 0. The second-order valence-electron chi connectivity index (χ2n) is 11.5. The molecule has 0 saturated heterocycles. The molecule has 0 radical (unpaired) electrons. The van der Waals surface area contributed by atoms with Gasteiger partial charge in [-0.3, -0.25) is 0 Å².